The summed E-state index contributed by atoms with van der Waals surface area (Å²) in [6, 6.07) is 26.8. The van der Waals surface area contributed by atoms with Crippen molar-refractivity contribution in [3.05, 3.63) is 102 Å². The lowest BCUT2D eigenvalue weighted by Gasteiger charge is -2.06. The maximum Gasteiger partial charge on any atom is 0.289 e. The molecule has 0 fully saturated rings. The normalized spacial score (nSPS) is 11.2. The van der Waals surface area contributed by atoms with Gasteiger partial charge in [0.05, 0.1) is 18.0 Å². The summed E-state index contributed by atoms with van der Waals surface area (Å²) in [7, 11) is 0. The van der Waals surface area contributed by atoms with E-state index in [9.17, 15) is 4.79 Å². The van der Waals surface area contributed by atoms with Gasteiger partial charge in [-0.15, -0.1) is 0 Å². The average Bonchev–Trinajstić information content (AvgIpc) is 3.38. The minimum Gasteiger partial charge on any atom is -0.494 e. The summed E-state index contributed by atoms with van der Waals surface area (Å²) in [6.45, 7) is 4.88. The van der Waals surface area contributed by atoms with Crippen LogP contribution < -0.4 is 14.9 Å². The molecule has 0 bridgehead atoms. The van der Waals surface area contributed by atoms with Gasteiger partial charge in [0, 0.05) is 5.56 Å². The maximum atomic E-state index is 12.5. The van der Waals surface area contributed by atoms with Crippen molar-refractivity contribution in [2.45, 2.75) is 20.5 Å². The number of benzene rings is 3. The van der Waals surface area contributed by atoms with Crippen molar-refractivity contribution in [1.29, 1.82) is 0 Å². The first-order valence-corrected chi connectivity index (χ1v) is 11.0. The van der Waals surface area contributed by atoms with Gasteiger partial charge in [0.2, 0.25) is 0 Å². The Hall–Kier alpha value is -4.39. The van der Waals surface area contributed by atoms with E-state index in [-0.39, 0.29) is 5.91 Å². The molecule has 0 radical (unpaired) electrons. The van der Waals surface area contributed by atoms with E-state index in [1.54, 1.807) is 6.07 Å². The molecular formula is C27H26N4O3. The number of aromatic nitrogens is 2. The van der Waals surface area contributed by atoms with Crippen molar-refractivity contribution in [2.24, 2.45) is 5.10 Å². The number of H-pyrrole nitrogens is 1. The number of rotatable bonds is 9. The molecule has 1 heterocycles. The van der Waals surface area contributed by atoms with E-state index in [2.05, 4.69) is 20.7 Å². The molecule has 0 aliphatic rings. The highest BCUT2D eigenvalue weighted by atomic mass is 16.5. The molecule has 172 valence electrons. The second-order valence-electron chi connectivity index (χ2n) is 7.56. The number of amides is 1. The van der Waals surface area contributed by atoms with E-state index in [0.29, 0.717) is 30.3 Å². The van der Waals surface area contributed by atoms with Crippen LogP contribution in [0.4, 0.5) is 0 Å². The zero-order chi connectivity index (χ0) is 23.8. The number of hydrazone groups is 1. The summed E-state index contributed by atoms with van der Waals surface area (Å²) in [6.07, 6.45) is 0. The summed E-state index contributed by atoms with van der Waals surface area (Å²) in [4.78, 5) is 12.5. The molecule has 4 rings (SSSR count). The van der Waals surface area contributed by atoms with Gasteiger partial charge < -0.3 is 9.47 Å². The second kappa shape index (κ2) is 11.0. The van der Waals surface area contributed by atoms with Crippen LogP contribution in [-0.4, -0.2) is 28.4 Å². The van der Waals surface area contributed by atoms with E-state index < -0.39 is 0 Å². The highest BCUT2D eigenvalue weighted by Crippen LogP contribution is 2.22. The molecule has 4 aromatic rings. The van der Waals surface area contributed by atoms with Crippen LogP contribution in [-0.2, 0) is 6.61 Å². The van der Waals surface area contributed by atoms with Gasteiger partial charge in [-0.25, -0.2) is 5.43 Å². The van der Waals surface area contributed by atoms with E-state index in [1.165, 1.54) is 0 Å². The van der Waals surface area contributed by atoms with E-state index in [1.807, 2.05) is 92.7 Å². The minimum atomic E-state index is -0.369. The quantitative estimate of drug-likeness (QED) is 0.268. The average molecular weight is 455 g/mol. The molecule has 0 saturated heterocycles. The number of hydrogen-bond donors (Lipinski definition) is 2. The Balaban J connectivity index is 1.34. The smallest absolute Gasteiger partial charge is 0.289 e. The maximum absolute atomic E-state index is 12.5. The van der Waals surface area contributed by atoms with Crippen LogP contribution in [0.2, 0.25) is 0 Å². The zero-order valence-electron chi connectivity index (χ0n) is 19.1. The Labute approximate surface area is 198 Å². The number of nitrogens with one attached hydrogen (secondary N) is 2. The monoisotopic (exact) mass is 454 g/mol. The summed E-state index contributed by atoms with van der Waals surface area (Å²) in [5.74, 6) is 1.19. The fraction of sp³-hybridized carbons (Fsp3) is 0.148. The van der Waals surface area contributed by atoms with Crippen molar-refractivity contribution in [3.8, 4) is 22.8 Å². The molecule has 0 saturated carbocycles. The van der Waals surface area contributed by atoms with Crippen LogP contribution in [0.3, 0.4) is 0 Å². The molecule has 7 heteroatoms. The van der Waals surface area contributed by atoms with E-state index >= 15 is 0 Å². The van der Waals surface area contributed by atoms with Crippen LogP contribution in [0.25, 0.3) is 11.3 Å². The molecule has 3 aromatic carbocycles. The summed E-state index contributed by atoms with van der Waals surface area (Å²) >= 11 is 0. The number of carbonyl (C=O) groups is 1. The van der Waals surface area contributed by atoms with Crippen LogP contribution in [0.15, 0.2) is 90.0 Å². The fourth-order valence-electron chi connectivity index (χ4n) is 3.27. The molecule has 1 amide bonds. The molecular weight excluding hydrogens is 428 g/mol. The number of carbonyl (C=O) groups excluding carboxylic acids is 1. The predicted octanol–water partition coefficient (Wildman–Crippen LogP) is 5.21. The van der Waals surface area contributed by atoms with Gasteiger partial charge in [-0.3, -0.25) is 9.89 Å². The van der Waals surface area contributed by atoms with Gasteiger partial charge in [0.25, 0.3) is 5.91 Å². The van der Waals surface area contributed by atoms with Gasteiger partial charge in [-0.2, -0.15) is 10.2 Å². The zero-order valence-corrected chi connectivity index (χ0v) is 19.1. The largest absolute Gasteiger partial charge is 0.494 e. The van der Waals surface area contributed by atoms with Crippen LogP contribution >= 0.6 is 0 Å². The first-order valence-electron chi connectivity index (χ1n) is 11.0. The molecule has 2 N–H and O–H groups in total. The van der Waals surface area contributed by atoms with Gasteiger partial charge in [0.1, 0.15) is 23.8 Å². The Bertz CT molecular complexity index is 1250. The van der Waals surface area contributed by atoms with E-state index in [0.717, 1.165) is 28.2 Å². The Morgan fingerprint density at radius 3 is 2.32 bits per heavy atom. The summed E-state index contributed by atoms with van der Waals surface area (Å²) < 4.78 is 11.3. The molecule has 0 atom stereocenters. The number of aromatic amines is 1. The Morgan fingerprint density at radius 2 is 1.62 bits per heavy atom. The molecule has 0 spiro atoms. The van der Waals surface area contributed by atoms with Gasteiger partial charge >= 0.3 is 0 Å². The Morgan fingerprint density at radius 1 is 0.941 bits per heavy atom. The van der Waals surface area contributed by atoms with Crippen molar-refractivity contribution >= 4 is 11.6 Å². The van der Waals surface area contributed by atoms with Crippen molar-refractivity contribution in [1.82, 2.24) is 15.6 Å². The van der Waals surface area contributed by atoms with E-state index in [4.69, 9.17) is 9.47 Å². The number of ether oxygens (including phenoxy) is 2. The fourth-order valence-corrected chi connectivity index (χ4v) is 3.27. The Kier molecular flexibility index (Phi) is 7.35. The molecule has 0 aliphatic carbocycles. The summed E-state index contributed by atoms with van der Waals surface area (Å²) in [5, 5.41) is 11.2. The second-order valence-corrected chi connectivity index (χ2v) is 7.56. The lowest BCUT2D eigenvalue weighted by atomic mass is 10.1. The van der Waals surface area contributed by atoms with Crippen molar-refractivity contribution in [3.63, 3.8) is 0 Å². The first kappa shape index (κ1) is 22.8. The third-order valence-corrected chi connectivity index (χ3v) is 5.13. The molecule has 34 heavy (non-hydrogen) atoms. The third kappa shape index (κ3) is 5.89. The lowest BCUT2D eigenvalue weighted by molar-refractivity contribution is 0.0950. The molecule has 0 aliphatic heterocycles. The number of hydrogen-bond acceptors (Lipinski definition) is 5. The van der Waals surface area contributed by atoms with Crippen molar-refractivity contribution in [2.75, 3.05) is 6.61 Å². The molecule has 1 aromatic heterocycles. The highest BCUT2D eigenvalue weighted by molar-refractivity contribution is 6.00. The van der Waals surface area contributed by atoms with Gasteiger partial charge in [0.15, 0.2) is 0 Å². The van der Waals surface area contributed by atoms with Crippen LogP contribution in [0.5, 0.6) is 11.5 Å². The predicted molar refractivity (Wildman–Crippen MR) is 132 cm³/mol. The number of nitrogens with zero attached hydrogens (tertiary/aromatic N) is 2. The molecule has 0 unspecified atom stereocenters. The van der Waals surface area contributed by atoms with Crippen LogP contribution in [0, 0.1) is 0 Å². The van der Waals surface area contributed by atoms with Crippen LogP contribution in [0.1, 0.15) is 35.5 Å². The first-order chi connectivity index (χ1) is 16.6. The molecule has 7 nitrogen and oxygen atoms in total. The topological polar surface area (TPSA) is 88.6 Å². The SMILES string of the molecule is CCOc1ccc(C(C)=NNC(=O)c2cc(-c3ccc(OCc4ccccc4)cc3)n[nH]2)cc1. The third-order valence-electron chi connectivity index (χ3n) is 5.13. The van der Waals surface area contributed by atoms with Crippen molar-refractivity contribution < 1.29 is 14.3 Å². The van der Waals surface area contributed by atoms with Gasteiger partial charge in [-0.1, -0.05) is 30.3 Å². The van der Waals surface area contributed by atoms with Gasteiger partial charge in [-0.05, 0) is 79.6 Å². The minimum absolute atomic E-state index is 0.322. The standard InChI is InChI=1S/C27H26N4O3/c1-3-33-23-13-9-21(10-14-23)19(2)28-31-27(32)26-17-25(29-30-26)22-11-15-24(16-12-22)34-18-20-7-5-4-6-8-20/h4-17H,3,18H2,1-2H3,(H,29,30)(H,31,32). The lowest BCUT2D eigenvalue weighted by Crippen LogP contribution is -2.19. The summed E-state index contributed by atoms with van der Waals surface area (Å²) in [5.41, 5.74) is 7.10. The highest BCUT2D eigenvalue weighted by Gasteiger charge is 2.11.